The number of halogens is 2. The summed E-state index contributed by atoms with van der Waals surface area (Å²) in [6, 6.07) is 5.77. The number of nitrogens with zero attached hydrogens (tertiary/aromatic N) is 1. The summed E-state index contributed by atoms with van der Waals surface area (Å²) in [6.07, 6.45) is 0.335. The molecule has 0 radical (unpaired) electrons. The monoisotopic (exact) mass is 375 g/mol. The molecule has 0 N–H and O–H groups in total. The molecule has 1 heterocycles. The number of hydrogen-bond donors (Lipinski definition) is 0. The number of hydrogen-bond acceptors (Lipinski definition) is 4. The lowest BCUT2D eigenvalue weighted by molar-refractivity contribution is -0.145. The third-order valence-electron chi connectivity index (χ3n) is 3.48. The summed E-state index contributed by atoms with van der Waals surface area (Å²) in [5.41, 5.74) is 1.06. The van der Waals surface area contributed by atoms with Gasteiger partial charge in [0.15, 0.2) is 0 Å². The van der Waals surface area contributed by atoms with Gasteiger partial charge >= 0.3 is 5.97 Å². The lowest BCUT2D eigenvalue weighted by atomic mass is 10.0. The Morgan fingerprint density at radius 3 is 2.81 bits per heavy atom. The van der Waals surface area contributed by atoms with Crippen molar-refractivity contribution < 1.29 is 14.3 Å². The van der Waals surface area contributed by atoms with Crippen LogP contribution >= 0.6 is 27.5 Å². The van der Waals surface area contributed by atoms with Crippen molar-refractivity contribution in [2.24, 2.45) is 0 Å². The average Bonchev–Trinajstić information content (AvgIpc) is 2.49. The third-order valence-corrected chi connectivity index (χ3v) is 4.69. The van der Waals surface area contributed by atoms with Gasteiger partial charge < -0.3 is 9.47 Å². The van der Waals surface area contributed by atoms with E-state index < -0.39 is 0 Å². The van der Waals surface area contributed by atoms with Crippen molar-refractivity contribution in [1.29, 1.82) is 0 Å². The highest BCUT2D eigenvalue weighted by Crippen LogP contribution is 2.31. The number of ether oxygens (including phenoxy) is 2. The molecule has 116 valence electrons. The molecule has 0 aromatic heterocycles. The smallest absolute Gasteiger partial charge is 0.307 e. The molecule has 1 aromatic rings. The van der Waals surface area contributed by atoms with Gasteiger partial charge in [-0.15, -0.1) is 0 Å². The van der Waals surface area contributed by atoms with E-state index in [1.54, 1.807) is 0 Å². The van der Waals surface area contributed by atoms with E-state index in [0.717, 1.165) is 23.1 Å². The molecule has 0 saturated carbocycles. The standard InChI is InChI=1S/C15H19BrClNO3/c1-2-21-15(19)10-14(18-5-7-20-8-6-18)11-3-4-13(17)12(16)9-11/h3-4,9,14H,2,5-8,10H2,1H3. The Labute approximate surface area is 138 Å². The van der Waals surface area contributed by atoms with Gasteiger partial charge in [0.05, 0.1) is 31.3 Å². The number of carbonyl (C=O) groups is 1. The van der Waals surface area contributed by atoms with E-state index in [-0.39, 0.29) is 12.0 Å². The molecule has 0 aliphatic carbocycles. The first kappa shape index (κ1) is 16.7. The van der Waals surface area contributed by atoms with Crippen molar-refractivity contribution in [3.05, 3.63) is 33.3 Å². The molecule has 0 bridgehead atoms. The van der Waals surface area contributed by atoms with Crippen molar-refractivity contribution in [3.63, 3.8) is 0 Å². The third kappa shape index (κ3) is 4.68. The van der Waals surface area contributed by atoms with Gasteiger partial charge in [-0.2, -0.15) is 0 Å². The van der Waals surface area contributed by atoms with Gasteiger partial charge in [0.25, 0.3) is 0 Å². The topological polar surface area (TPSA) is 38.8 Å². The van der Waals surface area contributed by atoms with E-state index in [1.807, 2.05) is 25.1 Å². The molecule has 6 heteroatoms. The molecule has 1 aromatic carbocycles. The summed E-state index contributed by atoms with van der Waals surface area (Å²) < 4.78 is 11.3. The molecule has 21 heavy (non-hydrogen) atoms. The van der Waals surface area contributed by atoms with Gasteiger partial charge in [-0.3, -0.25) is 9.69 Å². The van der Waals surface area contributed by atoms with Crippen LogP contribution in [0.1, 0.15) is 24.9 Å². The molecule has 1 aliphatic rings. The summed E-state index contributed by atoms with van der Waals surface area (Å²) in [4.78, 5) is 14.2. The van der Waals surface area contributed by atoms with Gasteiger partial charge in [-0.1, -0.05) is 17.7 Å². The van der Waals surface area contributed by atoms with Crippen LogP contribution < -0.4 is 0 Å². The minimum atomic E-state index is -0.180. The quantitative estimate of drug-likeness (QED) is 0.738. The van der Waals surface area contributed by atoms with E-state index in [0.29, 0.717) is 31.3 Å². The zero-order chi connectivity index (χ0) is 15.2. The number of benzene rings is 1. The number of rotatable bonds is 5. The van der Waals surface area contributed by atoms with Crippen LogP contribution in [-0.4, -0.2) is 43.8 Å². The molecule has 2 rings (SSSR count). The molecule has 1 unspecified atom stereocenters. The van der Waals surface area contributed by atoms with Crippen LogP contribution in [0.3, 0.4) is 0 Å². The molecule has 1 saturated heterocycles. The summed E-state index contributed by atoms with van der Waals surface area (Å²) in [5.74, 6) is -0.180. The zero-order valence-corrected chi connectivity index (χ0v) is 14.3. The van der Waals surface area contributed by atoms with E-state index >= 15 is 0 Å². The molecule has 0 spiro atoms. The van der Waals surface area contributed by atoms with Crippen LogP contribution in [0.25, 0.3) is 0 Å². The number of carbonyl (C=O) groups excluding carboxylic acids is 1. The van der Waals surface area contributed by atoms with E-state index in [4.69, 9.17) is 21.1 Å². The second-order valence-corrected chi connectivity index (χ2v) is 6.11. The fourth-order valence-electron chi connectivity index (χ4n) is 2.44. The maximum Gasteiger partial charge on any atom is 0.307 e. The minimum absolute atomic E-state index is 0.0125. The Morgan fingerprint density at radius 2 is 2.19 bits per heavy atom. The van der Waals surface area contributed by atoms with Gasteiger partial charge in [0.2, 0.25) is 0 Å². The van der Waals surface area contributed by atoms with Crippen LogP contribution in [0, 0.1) is 0 Å². The fourth-order valence-corrected chi connectivity index (χ4v) is 2.96. The van der Waals surface area contributed by atoms with Crippen LogP contribution in [0.2, 0.25) is 5.02 Å². The molecule has 1 fully saturated rings. The zero-order valence-electron chi connectivity index (χ0n) is 12.0. The van der Waals surface area contributed by atoms with Crippen molar-refractivity contribution in [1.82, 2.24) is 4.90 Å². The maximum atomic E-state index is 11.9. The summed E-state index contributed by atoms with van der Waals surface area (Å²) >= 11 is 9.50. The van der Waals surface area contributed by atoms with Crippen LogP contribution in [0.5, 0.6) is 0 Å². The highest BCUT2D eigenvalue weighted by molar-refractivity contribution is 9.10. The van der Waals surface area contributed by atoms with Gasteiger partial charge in [0.1, 0.15) is 0 Å². The highest BCUT2D eigenvalue weighted by Gasteiger charge is 2.26. The lowest BCUT2D eigenvalue weighted by Crippen LogP contribution is -2.40. The average molecular weight is 377 g/mol. The fraction of sp³-hybridized carbons (Fsp3) is 0.533. The van der Waals surface area contributed by atoms with Crippen LogP contribution in [0.15, 0.2) is 22.7 Å². The molecule has 1 atom stereocenters. The largest absolute Gasteiger partial charge is 0.466 e. The van der Waals surface area contributed by atoms with Crippen LogP contribution in [0.4, 0.5) is 0 Å². The van der Waals surface area contributed by atoms with E-state index in [2.05, 4.69) is 20.8 Å². The first-order valence-corrected chi connectivity index (χ1v) is 8.21. The van der Waals surface area contributed by atoms with Crippen LogP contribution in [-0.2, 0) is 14.3 Å². The predicted octanol–water partition coefficient (Wildman–Crippen LogP) is 3.43. The normalized spacial score (nSPS) is 17.5. The van der Waals surface area contributed by atoms with Crippen molar-refractivity contribution >= 4 is 33.5 Å². The van der Waals surface area contributed by atoms with E-state index in [1.165, 1.54) is 0 Å². The number of morpholine rings is 1. The molecule has 1 aliphatic heterocycles. The first-order valence-electron chi connectivity index (χ1n) is 7.04. The number of esters is 1. The van der Waals surface area contributed by atoms with Crippen molar-refractivity contribution in [2.45, 2.75) is 19.4 Å². The van der Waals surface area contributed by atoms with Gasteiger partial charge in [-0.25, -0.2) is 0 Å². The van der Waals surface area contributed by atoms with Crippen molar-refractivity contribution in [2.75, 3.05) is 32.9 Å². The Morgan fingerprint density at radius 1 is 1.48 bits per heavy atom. The molecular weight excluding hydrogens is 358 g/mol. The van der Waals surface area contributed by atoms with Gasteiger partial charge in [-0.05, 0) is 40.5 Å². The summed E-state index contributed by atoms with van der Waals surface area (Å²) in [7, 11) is 0. The minimum Gasteiger partial charge on any atom is -0.466 e. The second kappa shape index (κ2) is 8.13. The molecular formula is C15H19BrClNO3. The Balaban J connectivity index is 2.20. The summed E-state index contributed by atoms with van der Waals surface area (Å²) in [6.45, 7) is 5.22. The van der Waals surface area contributed by atoms with E-state index in [9.17, 15) is 4.79 Å². The second-order valence-electron chi connectivity index (χ2n) is 4.85. The van der Waals surface area contributed by atoms with Crippen molar-refractivity contribution in [3.8, 4) is 0 Å². The summed E-state index contributed by atoms with van der Waals surface area (Å²) in [5, 5.41) is 0.663. The lowest BCUT2D eigenvalue weighted by Gasteiger charge is -2.34. The molecule has 0 amide bonds. The van der Waals surface area contributed by atoms with Gasteiger partial charge in [0, 0.05) is 23.6 Å². The predicted molar refractivity (Wildman–Crippen MR) is 85.5 cm³/mol. The SMILES string of the molecule is CCOC(=O)CC(c1ccc(Cl)c(Br)c1)N1CCOCC1. The Hall–Kier alpha value is -0.620. The highest BCUT2D eigenvalue weighted by atomic mass is 79.9. The Kier molecular flexibility index (Phi) is 6.48. The Bertz CT molecular complexity index is 492. The first-order chi connectivity index (χ1) is 10.1. The molecule has 4 nitrogen and oxygen atoms in total. The maximum absolute atomic E-state index is 11.9.